The first-order valence-electron chi connectivity index (χ1n) is 4.05. The number of hydrogen-bond donors (Lipinski definition) is 0. The minimum Gasteiger partial charge on any atom is -1.00 e. The van der Waals surface area contributed by atoms with Gasteiger partial charge in [-0.15, -0.1) is 0 Å². The van der Waals surface area contributed by atoms with Gasteiger partial charge in [-0.2, -0.15) is 0 Å². The van der Waals surface area contributed by atoms with Crippen molar-refractivity contribution >= 4 is 15.7 Å². The van der Waals surface area contributed by atoms with E-state index in [2.05, 4.69) is 13.8 Å². The Labute approximate surface area is 88.4 Å². The molecule has 2 atom stereocenters. The predicted octanol–water partition coefficient (Wildman–Crippen LogP) is -0.137. The van der Waals surface area contributed by atoms with E-state index in [1.807, 2.05) is 13.8 Å². The molecule has 0 saturated carbocycles. The first-order valence-corrected chi connectivity index (χ1v) is 4.05. The molecule has 0 spiro atoms. The van der Waals surface area contributed by atoms with Gasteiger partial charge in [-0.05, 0) is 0 Å². The van der Waals surface area contributed by atoms with Crippen LogP contribution in [0.5, 0.6) is 0 Å². The summed E-state index contributed by atoms with van der Waals surface area (Å²) in [6, 6.07) is 0. The minimum atomic E-state index is 0. The number of rotatable bonds is 2. The van der Waals surface area contributed by atoms with Crippen molar-refractivity contribution in [3.05, 3.63) is 0 Å². The summed E-state index contributed by atoms with van der Waals surface area (Å²) in [5.41, 5.74) is 0. The Morgan fingerprint density at radius 3 is 1.09 bits per heavy atom. The van der Waals surface area contributed by atoms with Gasteiger partial charge in [-0.3, -0.25) is 0 Å². The Kier molecular flexibility index (Phi) is 21.5. The van der Waals surface area contributed by atoms with E-state index in [1.54, 1.807) is 0 Å². The van der Waals surface area contributed by atoms with E-state index < -0.39 is 0 Å². The molecule has 0 aromatic heterocycles. The smallest absolute Gasteiger partial charge is 1.00 e. The van der Waals surface area contributed by atoms with Crippen molar-refractivity contribution in [1.29, 1.82) is 0 Å². The van der Waals surface area contributed by atoms with Crippen LogP contribution in [0.2, 0.25) is 11.6 Å². The summed E-state index contributed by atoms with van der Waals surface area (Å²) in [5, 5.41) is 0. The molecule has 0 aliphatic heterocycles. The van der Waals surface area contributed by atoms with Gasteiger partial charge in [0.25, 0.3) is 0 Å². The van der Waals surface area contributed by atoms with Crippen molar-refractivity contribution in [2.45, 2.75) is 52.2 Å². The molecule has 0 amide bonds. The summed E-state index contributed by atoms with van der Waals surface area (Å²) < 4.78 is 0. The minimum absolute atomic E-state index is 0. The average molecular weight is 144 g/mol. The average Bonchev–Trinajstić information content (AvgIpc) is 1.89. The van der Waals surface area contributed by atoms with Crippen molar-refractivity contribution in [1.82, 2.24) is 0 Å². The zero-order chi connectivity index (χ0) is 8.57. The van der Waals surface area contributed by atoms with E-state index in [0.29, 0.717) is 11.6 Å². The Bertz CT molecular complexity index is 53.0. The van der Waals surface area contributed by atoms with Gasteiger partial charge < -0.3 is 1.43 Å². The molecule has 58 valence electrons. The third-order valence-electron chi connectivity index (χ3n) is 1.29. The Morgan fingerprint density at radius 1 is 1.00 bits per heavy atom. The van der Waals surface area contributed by atoms with Crippen LogP contribution in [0, 0.1) is 0 Å². The summed E-state index contributed by atoms with van der Waals surface area (Å²) in [4.78, 5) is 0. The Balaban J connectivity index is -0.0000000457. The molecule has 2 unspecified atom stereocenters. The molecule has 0 aromatic carbocycles. The summed E-state index contributed by atoms with van der Waals surface area (Å²) >= 11 is 0. The Morgan fingerprint density at radius 2 is 1.09 bits per heavy atom. The second kappa shape index (κ2) is 13.3. The van der Waals surface area contributed by atoms with Crippen molar-refractivity contribution in [2.24, 2.45) is 0 Å². The molecule has 4 radical (unpaired) electrons. The van der Waals surface area contributed by atoms with Gasteiger partial charge in [0.2, 0.25) is 0 Å². The third-order valence-corrected chi connectivity index (χ3v) is 1.29. The van der Waals surface area contributed by atoms with E-state index in [0.717, 1.165) is 12.8 Å². The van der Waals surface area contributed by atoms with E-state index >= 15 is 0 Å². The fourth-order valence-electron chi connectivity index (χ4n) is 0. The van der Waals surface area contributed by atoms with Crippen LogP contribution in [0.3, 0.4) is 0 Å². The first kappa shape index (κ1) is 17.7. The maximum atomic E-state index is 5.29. The fourth-order valence-corrected chi connectivity index (χ4v) is 0. The Hall–Kier alpha value is 0.727. The van der Waals surface area contributed by atoms with E-state index in [-0.39, 0.29) is 20.3 Å². The van der Waals surface area contributed by atoms with Gasteiger partial charge >= 0.3 is 18.9 Å². The molecular weight excluding hydrogens is 125 g/mol. The van der Waals surface area contributed by atoms with Gasteiger partial charge in [0.15, 0.2) is 0 Å². The zero-order valence-electron chi connectivity index (χ0n) is 9.72. The second-order valence-electron chi connectivity index (χ2n) is 2.77. The van der Waals surface area contributed by atoms with Gasteiger partial charge in [0, 0.05) is 0 Å². The molecule has 0 nitrogen and oxygen atoms in total. The topological polar surface area (TPSA) is 0 Å². The summed E-state index contributed by atoms with van der Waals surface area (Å²) in [6.45, 7) is 8.15. The van der Waals surface area contributed by atoms with Crippen LogP contribution < -0.4 is 18.9 Å². The van der Waals surface area contributed by atoms with Crippen molar-refractivity contribution in [2.75, 3.05) is 0 Å². The van der Waals surface area contributed by atoms with Crippen LogP contribution in [-0.2, 0) is 0 Å². The molecule has 0 aromatic rings. The van der Waals surface area contributed by atoms with Crippen LogP contribution >= 0.6 is 0 Å². The molecule has 0 aliphatic carbocycles. The van der Waals surface area contributed by atoms with Crippen LogP contribution in [0.15, 0.2) is 0 Å². The molecule has 0 rings (SSSR count). The van der Waals surface area contributed by atoms with Gasteiger partial charge in [-0.1, -0.05) is 52.2 Å². The van der Waals surface area contributed by atoms with Crippen LogP contribution in [0.25, 0.3) is 0 Å². The SMILES string of the molecule is [B]C(C)CC.[B]C(C)CC.[H-].[Li+]. The summed E-state index contributed by atoms with van der Waals surface area (Å²) in [6.07, 6.45) is 2.17. The first-order chi connectivity index (χ1) is 4.54. The third kappa shape index (κ3) is 36.6. The van der Waals surface area contributed by atoms with Crippen LogP contribution in [0.4, 0.5) is 0 Å². The zero-order valence-corrected chi connectivity index (χ0v) is 8.72. The number of hydrogen-bond acceptors (Lipinski definition) is 0. The van der Waals surface area contributed by atoms with Gasteiger partial charge in [0.1, 0.15) is 0 Å². The molecule has 0 heterocycles. The van der Waals surface area contributed by atoms with Crippen LogP contribution in [-0.4, -0.2) is 15.7 Å². The molecular formula is C8H19B2Li. The molecule has 11 heavy (non-hydrogen) atoms. The molecule has 0 bridgehead atoms. The largest absolute Gasteiger partial charge is 1.00 e. The quantitative estimate of drug-likeness (QED) is 0.473. The van der Waals surface area contributed by atoms with Gasteiger partial charge in [-0.25, -0.2) is 0 Å². The van der Waals surface area contributed by atoms with E-state index in [4.69, 9.17) is 15.7 Å². The molecule has 3 heteroatoms. The summed E-state index contributed by atoms with van der Waals surface area (Å²) in [7, 11) is 10.6. The molecule has 0 aliphatic rings. The fraction of sp³-hybridized carbons (Fsp3) is 1.00. The monoisotopic (exact) mass is 144 g/mol. The van der Waals surface area contributed by atoms with E-state index in [1.165, 1.54) is 0 Å². The van der Waals surface area contributed by atoms with Crippen LogP contribution in [0.1, 0.15) is 42.0 Å². The van der Waals surface area contributed by atoms with Crippen molar-refractivity contribution < 1.29 is 20.3 Å². The maximum absolute atomic E-state index is 5.29. The van der Waals surface area contributed by atoms with E-state index in [9.17, 15) is 0 Å². The maximum Gasteiger partial charge on any atom is 1.00 e. The molecule has 0 fully saturated rings. The van der Waals surface area contributed by atoms with Crippen molar-refractivity contribution in [3.8, 4) is 0 Å². The predicted molar refractivity (Wildman–Crippen MR) is 52.1 cm³/mol. The molecule has 0 saturated heterocycles. The normalized spacial score (nSPS) is 13.5. The van der Waals surface area contributed by atoms with Crippen molar-refractivity contribution in [3.63, 3.8) is 0 Å². The molecule has 0 N–H and O–H groups in total. The standard InChI is InChI=1S/2C4H9B.Li.H/c2*1-3-4(2)5;;/h2*4H,3H2,1-2H3;;/q;;+1;-1. The van der Waals surface area contributed by atoms with Gasteiger partial charge in [0.05, 0.1) is 15.7 Å². The summed E-state index contributed by atoms with van der Waals surface area (Å²) in [5.74, 6) is 0.769. The second-order valence-corrected chi connectivity index (χ2v) is 2.77.